The normalized spacial score (nSPS) is 11.2. The number of ether oxygens (including phenoxy) is 1. The number of rotatable bonds is 5. The van der Waals surface area contributed by atoms with E-state index in [9.17, 15) is 4.79 Å². The van der Waals surface area contributed by atoms with Crippen molar-refractivity contribution in [1.82, 2.24) is 4.98 Å². The minimum atomic E-state index is -0.446. The van der Waals surface area contributed by atoms with E-state index in [0.717, 1.165) is 17.1 Å². The van der Waals surface area contributed by atoms with Crippen LogP contribution in [0.2, 0.25) is 0 Å². The number of amides is 1. The molecule has 1 aromatic carbocycles. The zero-order chi connectivity index (χ0) is 17.7. The summed E-state index contributed by atoms with van der Waals surface area (Å²) in [5.41, 5.74) is 1.35. The standard InChI is InChI=1S/C19H25N3O2/c1-13(2)24-16-9-6-14(7-10-16)21-15-8-11-17(20-12-15)22-18(23)19(3,4)5/h6-13,21H,1-5H3,(H,20,22,23). The van der Waals surface area contributed by atoms with Crippen LogP contribution >= 0.6 is 0 Å². The smallest absolute Gasteiger partial charge is 0.230 e. The largest absolute Gasteiger partial charge is 0.491 e. The molecule has 0 unspecified atom stereocenters. The number of hydrogen-bond donors (Lipinski definition) is 2. The predicted molar refractivity (Wildman–Crippen MR) is 97.8 cm³/mol. The number of nitrogens with zero attached hydrogens (tertiary/aromatic N) is 1. The maximum atomic E-state index is 11.9. The van der Waals surface area contributed by atoms with Crippen molar-refractivity contribution in [3.05, 3.63) is 42.6 Å². The summed E-state index contributed by atoms with van der Waals surface area (Å²) in [6.07, 6.45) is 1.85. The molecule has 0 saturated heterocycles. The summed E-state index contributed by atoms with van der Waals surface area (Å²) in [6.45, 7) is 9.59. The Balaban J connectivity index is 1.97. The number of benzene rings is 1. The lowest BCUT2D eigenvalue weighted by Gasteiger charge is -2.17. The zero-order valence-electron chi connectivity index (χ0n) is 14.9. The summed E-state index contributed by atoms with van der Waals surface area (Å²) >= 11 is 0. The van der Waals surface area contributed by atoms with Gasteiger partial charge in [-0.2, -0.15) is 0 Å². The van der Waals surface area contributed by atoms with Crippen LogP contribution in [-0.2, 0) is 4.79 Å². The summed E-state index contributed by atoms with van der Waals surface area (Å²) in [5, 5.41) is 6.07. The fourth-order valence-corrected chi connectivity index (χ4v) is 1.90. The van der Waals surface area contributed by atoms with Crippen LogP contribution in [0.15, 0.2) is 42.6 Å². The van der Waals surface area contributed by atoms with Gasteiger partial charge in [-0.3, -0.25) is 4.79 Å². The first kappa shape index (κ1) is 17.8. The second-order valence-corrected chi connectivity index (χ2v) is 6.95. The first-order valence-corrected chi connectivity index (χ1v) is 8.05. The maximum absolute atomic E-state index is 11.9. The second-order valence-electron chi connectivity index (χ2n) is 6.95. The molecule has 2 aromatic rings. The average Bonchev–Trinajstić information content (AvgIpc) is 2.50. The van der Waals surface area contributed by atoms with Gasteiger partial charge in [-0.25, -0.2) is 4.98 Å². The molecule has 0 spiro atoms. The molecule has 2 rings (SSSR count). The Kier molecular flexibility index (Phi) is 5.44. The average molecular weight is 327 g/mol. The van der Waals surface area contributed by atoms with Gasteiger partial charge in [0.05, 0.1) is 18.0 Å². The molecule has 24 heavy (non-hydrogen) atoms. The van der Waals surface area contributed by atoms with Crippen molar-refractivity contribution in [3.8, 4) is 5.75 Å². The zero-order valence-corrected chi connectivity index (χ0v) is 14.9. The molecule has 5 heteroatoms. The van der Waals surface area contributed by atoms with E-state index in [1.54, 1.807) is 12.3 Å². The van der Waals surface area contributed by atoms with Crippen molar-refractivity contribution in [3.63, 3.8) is 0 Å². The lowest BCUT2D eigenvalue weighted by atomic mass is 9.96. The third kappa shape index (κ3) is 5.26. The number of pyridine rings is 1. The highest BCUT2D eigenvalue weighted by Gasteiger charge is 2.21. The quantitative estimate of drug-likeness (QED) is 0.842. The van der Waals surface area contributed by atoms with Crippen LogP contribution in [0.5, 0.6) is 5.75 Å². The molecule has 128 valence electrons. The van der Waals surface area contributed by atoms with Gasteiger partial charge in [0.15, 0.2) is 0 Å². The van der Waals surface area contributed by atoms with Crippen molar-refractivity contribution in [2.75, 3.05) is 10.6 Å². The first-order chi connectivity index (χ1) is 11.2. The molecular formula is C19H25N3O2. The minimum absolute atomic E-state index is 0.0588. The van der Waals surface area contributed by atoms with Crippen LogP contribution < -0.4 is 15.4 Å². The Morgan fingerprint density at radius 3 is 2.17 bits per heavy atom. The van der Waals surface area contributed by atoms with E-state index in [1.807, 2.05) is 65.0 Å². The van der Waals surface area contributed by atoms with Gasteiger partial charge in [0.25, 0.3) is 0 Å². The van der Waals surface area contributed by atoms with E-state index in [4.69, 9.17) is 4.74 Å². The summed E-state index contributed by atoms with van der Waals surface area (Å²) in [6, 6.07) is 11.4. The topological polar surface area (TPSA) is 63.2 Å². The molecule has 0 aliphatic carbocycles. The molecule has 5 nitrogen and oxygen atoms in total. The molecule has 0 atom stereocenters. The highest BCUT2D eigenvalue weighted by atomic mass is 16.5. The number of aromatic nitrogens is 1. The van der Waals surface area contributed by atoms with Gasteiger partial charge in [-0.15, -0.1) is 0 Å². The van der Waals surface area contributed by atoms with Crippen LogP contribution in [0.1, 0.15) is 34.6 Å². The van der Waals surface area contributed by atoms with E-state index in [-0.39, 0.29) is 12.0 Å². The Morgan fingerprint density at radius 2 is 1.67 bits per heavy atom. The Morgan fingerprint density at radius 1 is 1.04 bits per heavy atom. The summed E-state index contributed by atoms with van der Waals surface area (Å²) in [4.78, 5) is 16.2. The molecule has 0 saturated carbocycles. The van der Waals surface area contributed by atoms with Gasteiger partial charge in [0.1, 0.15) is 11.6 Å². The van der Waals surface area contributed by atoms with E-state index in [0.29, 0.717) is 5.82 Å². The second kappa shape index (κ2) is 7.34. The van der Waals surface area contributed by atoms with Crippen molar-refractivity contribution in [2.45, 2.75) is 40.7 Å². The third-order valence-electron chi connectivity index (χ3n) is 3.20. The van der Waals surface area contributed by atoms with Gasteiger partial charge in [-0.1, -0.05) is 20.8 Å². The van der Waals surface area contributed by atoms with Crippen LogP contribution in [0.3, 0.4) is 0 Å². The fourth-order valence-electron chi connectivity index (χ4n) is 1.90. The monoisotopic (exact) mass is 327 g/mol. The Hall–Kier alpha value is -2.56. The van der Waals surface area contributed by atoms with Gasteiger partial charge >= 0.3 is 0 Å². The van der Waals surface area contributed by atoms with Crippen LogP contribution in [0, 0.1) is 5.41 Å². The lowest BCUT2D eigenvalue weighted by Crippen LogP contribution is -2.27. The Bertz CT molecular complexity index is 671. The van der Waals surface area contributed by atoms with Gasteiger partial charge in [0.2, 0.25) is 5.91 Å². The molecule has 0 aliphatic rings. The summed E-state index contributed by atoms with van der Waals surface area (Å²) in [5.74, 6) is 1.33. The molecular weight excluding hydrogens is 302 g/mol. The molecule has 0 radical (unpaired) electrons. The van der Waals surface area contributed by atoms with Gasteiger partial charge in [0, 0.05) is 11.1 Å². The third-order valence-corrected chi connectivity index (χ3v) is 3.20. The molecule has 1 amide bonds. The lowest BCUT2D eigenvalue weighted by molar-refractivity contribution is -0.123. The number of nitrogens with one attached hydrogen (secondary N) is 2. The maximum Gasteiger partial charge on any atom is 0.230 e. The van der Waals surface area contributed by atoms with Crippen LogP contribution in [-0.4, -0.2) is 17.0 Å². The van der Waals surface area contributed by atoms with Crippen molar-refractivity contribution >= 4 is 23.1 Å². The molecule has 0 aliphatic heterocycles. The van der Waals surface area contributed by atoms with Gasteiger partial charge in [-0.05, 0) is 50.2 Å². The number of carbonyl (C=O) groups is 1. The molecule has 0 bridgehead atoms. The molecule has 0 fully saturated rings. The summed E-state index contributed by atoms with van der Waals surface area (Å²) in [7, 11) is 0. The fraction of sp³-hybridized carbons (Fsp3) is 0.368. The Labute approximate surface area is 143 Å². The van der Waals surface area contributed by atoms with Crippen molar-refractivity contribution in [2.24, 2.45) is 5.41 Å². The highest BCUT2D eigenvalue weighted by molar-refractivity contribution is 5.93. The van der Waals surface area contributed by atoms with E-state index in [2.05, 4.69) is 15.6 Å². The first-order valence-electron chi connectivity index (χ1n) is 8.05. The number of carbonyl (C=O) groups excluding carboxylic acids is 1. The predicted octanol–water partition coefficient (Wildman–Crippen LogP) is 4.60. The van der Waals surface area contributed by atoms with Crippen LogP contribution in [0.25, 0.3) is 0 Å². The van der Waals surface area contributed by atoms with E-state index >= 15 is 0 Å². The number of hydrogen-bond acceptors (Lipinski definition) is 4. The van der Waals surface area contributed by atoms with E-state index in [1.165, 1.54) is 0 Å². The SMILES string of the molecule is CC(C)Oc1ccc(Nc2ccc(NC(=O)C(C)(C)C)nc2)cc1. The molecule has 1 aromatic heterocycles. The number of anilines is 3. The van der Waals surface area contributed by atoms with Gasteiger partial charge < -0.3 is 15.4 Å². The van der Waals surface area contributed by atoms with Crippen molar-refractivity contribution in [1.29, 1.82) is 0 Å². The minimum Gasteiger partial charge on any atom is -0.491 e. The molecule has 2 N–H and O–H groups in total. The van der Waals surface area contributed by atoms with Crippen molar-refractivity contribution < 1.29 is 9.53 Å². The summed E-state index contributed by atoms with van der Waals surface area (Å²) < 4.78 is 5.62. The highest BCUT2D eigenvalue weighted by Crippen LogP contribution is 2.22. The van der Waals surface area contributed by atoms with Crippen LogP contribution in [0.4, 0.5) is 17.2 Å². The van der Waals surface area contributed by atoms with E-state index < -0.39 is 5.41 Å². The molecule has 1 heterocycles.